The third-order valence-electron chi connectivity index (χ3n) is 2.93. The summed E-state index contributed by atoms with van der Waals surface area (Å²) in [6.07, 6.45) is 1.73. The van der Waals surface area contributed by atoms with Crippen molar-refractivity contribution in [2.24, 2.45) is 5.73 Å². The van der Waals surface area contributed by atoms with Crippen molar-refractivity contribution in [2.75, 3.05) is 18.6 Å². The molecule has 20 heavy (non-hydrogen) atoms. The maximum Gasteiger partial charge on any atom is 0.175 e. The van der Waals surface area contributed by atoms with Gasteiger partial charge in [0.05, 0.1) is 6.61 Å². The molecule has 0 aliphatic heterocycles. The van der Waals surface area contributed by atoms with Crippen LogP contribution in [0.5, 0.6) is 5.75 Å². The lowest BCUT2D eigenvalue weighted by Crippen LogP contribution is -2.14. The Morgan fingerprint density at radius 3 is 2.60 bits per heavy atom. The van der Waals surface area contributed by atoms with Crippen molar-refractivity contribution < 1.29 is 4.74 Å². The van der Waals surface area contributed by atoms with E-state index in [0.29, 0.717) is 12.2 Å². The van der Waals surface area contributed by atoms with Gasteiger partial charge in [0.15, 0.2) is 11.6 Å². The van der Waals surface area contributed by atoms with Gasteiger partial charge in [0.25, 0.3) is 0 Å². The zero-order valence-corrected chi connectivity index (χ0v) is 11.6. The molecule has 0 fully saturated rings. The number of amidine groups is 1. The number of hydrogen-bond acceptors (Lipinski definition) is 4. The zero-order valence-electron chi connectivity index (χ0n) is 11.6. The van der Waals surface area contributed by atoms with Crippen molar-refractivity contribution in [1.29, 1.82) is 5.41 Å². The van der Waals surface area contributed by atoms with Crippen LogP contribution in [0.15, 0.2) is 42.6 Å². The highest BCUT2D eigenvalue weighted by atomic mass is 16.5. The van der Waals surface area contributed by atoms with Crippen LogP contribution in [0.25, 0.3) is 0 Å². The van der Waals surface area contributed by atoms with Gasteiger partial charge in [-0.1, -0.05) is 0 Å². The number of aromatic nitrogens is 1. The van der Waals surface area contributed by atoms with E-state index in [2.05, 4.69) is 4.98 Å². The van der Waals surface area contributed by atoms with Crippen LogP contribution in [0.1, 0.15) is 12.5 Å². The summed E-state index contributed by atoms with van der Waals surface area (Å²) in [7, 11) is 1.92. The Balaban J connectivity index is 2.31. The normalized spacial score (nSPS) is 10.1. The zero-order chi connectivity index (χ0) is 14.5. The molecule has 0 aliphatic carbocycles. The minimum atomic E-state index is 0.0621. The maximum absolute atomic E-state index is 7.40. The Morgan fingerprint density at radius 2 is 2.00 bits per heavy atom. The summed E-state index contributed by atoms with van der Waals surface area (Å²) in [4.78, 5) is 6.30. The van der Waals surface area contributed by atoms with Gasteiger partial charge in [-0.15, -0.1) is 0 Å². The van der Waals surface area contributed by atoms with Gasteiger partial charge in [0, 0.05) is 24.5 Å². The summed E-state index contributed by atoms with van der Waals surface area (Å²) >= 11 is 0. The molecule has 2 rings (SSSR count). The van der Waals surface area contributed by atoms with E-state index in [-0.39, 0.29) is 5.84 Å². The van der Waals surface area contributed by atoms with Crippen LogP contribution in [-0.4, -0.2) is 24.5 Å². The molecule has 5 heteroatoms. The van der Waals surface area contributed by atoms with Gasteiger partial charge in [-0.3, -0.25) is 5.41 Å². The topological polar surface area (TPSA) is 75.2 Å². The molecular formula is C15H18N4O. The lowest BCUT2D eigenvalue weighted by Gasteiger charge is -2.21. The van der Waals surface area contributed by atoms with Crippen molar-refractivity contribution in [3.05, 3.63) is 48.2 Å². The van der Waals surface area contributed by atoms with E-state index >= 15 is 0 Å². The molecule has 0 atom stereocenters. The lowest BCUT2D eigenvalue weighted by molar-refractivity contribution is 0.340. The first kappa shape index (κ1) is 13.9. The third kappa shape index (κ3) is 2.88. The number of nitrogen functional groups attached to an aromatic ring is 1. The molecule has 3 N–H and O–H groups in total. The number of pyridine rings is 1. The van der Waals surface area contributed by atoms with Gasteiger partial charge >= 0.3 is 0 Å². The lowest BCUT2D eigenvalue weighted by atomic mass is 10.2. The Morgan fingerprint density at radius 1 is 1.30 bits per heavy atom. The monoisotopic (exact) mass is 270 g/mol. The van der Waals surface area contributed by atoms with Crippen LogP contribution in [-0.2, 0) is 0 Å². The predicted molar refractivity (Wildman–Crippen MR) is 80.9 cm³/mol. The van der Waals surface area contributed by atoms with E-state index in [9.17, 15) is 0 Å². The number of anilines is 2. The average Bonchev–Trinajstić information content (AvgIpc) is 2.47. The summed E-state index contributed by atoms with van der Waals surface area (Å²) in [5.41, 5.74) is 7.11. The standard InChI is InChI=1S/C15H18N4O/c1-3-20-13-5-4-10-18-15(13)19(2)12-8-6-11(7-9-12)14(16)17/h4-10H,3H2,1-2H3,(H3,16,17). The maximum atomic E-state index is 7.40. The molecule has 0 saturated carbocycles. The quantitative estimate of drug-likeness (QED) is 0.646. The fourth-order valence-corrected chi connectivity index (χ4v) is 1.89. The van der Waals surface area contributed by atoms with E-state index in [1.54, 1.807) is 6.20 Å². The summed E-state index contributed by atoms with van der Waals surface area (Å²) < 4.78 is 5.58. The van der Waals surface area contributed by atoms with E-state index in [4.69, 9.17) is 15.9 Å². The fourth-order valence-electron chi connectivity index (χ4n) is 1.89. The van der Waals surface area contributed by atoms with E-state index in [0.717, 1.165) is 17.3 Å². The first-order valence-corrected chi connectivity index (χ1v) is 6.39. The Hall–Kier alpha value is -2.56. The summed E-state index contributed by atoms with van der Waals surface area (Å²) in [5.74, 6) is 1.56. The van der Waals surface area contributed by atoms with Crippen molar-refractivity contribution >= 4 is 17.3 Å². The van der Waals surface area contributed by atoms with Gasteiger partial charge in [0.2, 0.25) is 0 Å². The number of nitrogens with one attached hydrogen (secondary N) is 1. The number of benzene rings is 1. The molecule has 1 aromatic heterocycles. The number of hydrogen-bond donors (Lipinski definition) is 2. The van der Waals surface area contributed by atoms with Crippen LogP contribution >= 0.6 is 0 Å². The molecule has 0 radical (unpaired) electrons. The molecule has 0 amide bonds. The van der Waals surface area contributed by atoms with Crippen molar-refractivity contribution in [2.45, 2.75) is 6.92 Å². The van der Waals surface area contributed by atoms with Crippen LogP contribution < -0.4 is 15.4 Å². The van der Waals surface area contributed by atoms with Gasteiger partial charge in [-0.2, -0.15) is 0 Å². The SMILES string of the molecule is CCOc1cccnc1N(C)c1ccc(C(=N)N)cc1. The second-order valence-electron chi connectivity index (χ2n) is 4.28. The number of ether oxygens (including phenoxy) is 1. The number of nitrogens with two attached hydrogens (primary N) is 1. The number of nitrogens with zero attached hydrogens (tertiary/aromatic N) is 2. The second-order valence-corrected chi connectivity index (χ2v) is 4.28. The van der Waals surface area contributed by atoms with Crippen molar-refractivity contribution in [3.8, 4) is 5.75 Å². The minimum absolute atomic E-state index is 0.0621. The predicted octanol–water partition coefficient (Wildman–Crippen LogP) is 2.53. The molecule has 104 valence electrons. The highest BCUT2D eigenvalue weighted by molar-refractivity contribution is 5.95. The number of rotatable bonds is 5. The van der Waals surface area contributed by atoms with Gasteiger partial charge in [-0.05, 0) is 43.3 Å². The molecule has 1 aromatic carbocycles. The molecular weight excluding hydrogens is 252 g/mol. The van der Waals surface area contributed by atoms with E-state index in [1.165, 1.54) is 0 Å². The van der Waals surface area contributed by atoms with Gasteiger partial charge in [-0.25, -0.2) is 4.98 Å². The van der Waals surface area contributed by atoms with Crippen LogP contribution in [0, 0.1) is 5.41 Å². The van der Waals surface area contributed by atoms with E-state index in [1.807, 2.05) is 55.3 Å². The second kappa shape index (κ2) is 6.06. The largest absolute Gasteiger partial charge is 0.490 e. The third-order valence-corrected chi connectivity index (χ3v) is 2.93. The summed E-state index contributed by atoms with van der Waals surface area (Å²) in [6, 6.07) is 11.2. The van der Waals surface area contributed by atoms with Crippen LogP contribution in [0.2, 0.25) is 0 Å². The fraction of sp³-hybridized carbons (Fsp3) is 0.200. The minimum Gasteiger partial charge on any atom is -0.490 e. The first-order valence-electron chi connectivity index (χ1n) is 6.39. The van der Waals surface area contributed by atoms with Crippen molar-refractivity contribution in [3.63, 3.8) is 0 Å². The van der Waals surface area contributed by atoms with Crippen LogP contribution in [0.3, 0.4) is 0 Å². The Kier molecular flexibility index (Phi) is 4.20. The molecule has 5 nitrogen and oxygen atoms in total. The Labute approximate surface area is 118 Å². The van der Waals surface area contributed by atoms with Crippen molar-refractivity contribution in [1.82, 2.24) is 4.98 Å². The molecule has 0 saturated heterocycles. The molecule has 0 bridgehead atoms. The van der Waals surface area contributed by atoms with Gasteiger partial charge < -0.3 is 15.4 Å². The van der Waals surface area contributed by atoms with Gasteiger partial charge in [0.1, 0.15) is 5.84 Å². The average molecular weight is 270 g/mol. The first-order chi connectivity index (χ1) is 9.63. The molecule has 0 unspecified atom stereocenters. The highest BCUT2D eigenvalue weighted by Gasteiger charge is 2.11. The summed E-state index contributed by atoms with van der Waals surface area (Å²) in [6.45, 7) is 2.54. The highest BCUT2D eigenvalue weighted by Crippen LogP contribution is 2.30. The van der Waals surface area contributed by atoms with E-state index < -0.39 is 0 Å². The Bertz CT molecular complexity index is 595. The molecule has 1 heterocycles. The molecule has 0 aliphatic rings. The molecule has 0 spiro atoms. The van der Waals surface area contributed by atoms with Crippen LogP contribution in [0.4, 0.5) is 11.5 Å². The summed E-state index contributed by atoms with van der Waals surface area (Å²) in [5, 5.41) is 7.40. The molecule has 2 aromatic rings. The smallest absolute Gasteiger partial charge is 0.175 e.